The quantitative estimate of drug-likeness (QED) is 0.849. The lowest BCUT2D eigenvalue weighted by Crippen LogP contribution is -2.23. The summed E-state index contributed by atoms with van der Waals surface area (Å²) in [6, 6.07) is 8.20. The fourth-order valence-corrected chi connectivity index (χ4v) is 2.18. The number of ether oxygens (including phenoxy) is 1. The molecule has 0 aliphatic rings. The van der Waals surface area contributed by atoms with Gasteiger partial charge in [-0.3, -0.25) is 0 Å². The Morgan fingerprint density at radius 3 is 2.85 bits per heavy atom. The maximum atomic E-state index is 5.92. The molecule has 0 bridgehead atoms. The number of benzene rings is 1. The van der Waals surface area contributed by atoms with E-state index in [-0.39, 0.29) is 6.04 Å². The summed E-state index contributed by atoms with van der Waals surface area (Å²) >= 11 is 0. The van der Waals surface area contributed by atoms with E-state index in [0.717, 1.165) is 17.1 Å². The number of hydrogen-bond acceptors (Lipinski definition) is 4. The Balaban J connectivity index is 2.22. The number of methoxy groups -OCH3 is 1. The van der Waals surface area contributed by atoms with Crippen molar-refractivity contribution in [3.63, 3.8) is 0 Å². The van der Waals surface area contributed by atoms with Gasteiger partial charge < -0.3 is 20.4 Å². The first-order chi connectivity index (χ1) is 9.65. The van der Waals surface area contributed by atoms with E-state index in [1.807, 2.05) is 36.8 Å². The van der Waals surface area contributed by atoms with Crippen molar-refractivity contribution in [2.75, 3.05) is 19.0 Å². The third kappa shape index (κ3) is 3.11. The summed E-state index contributed by atoms with van der Waals surface area (Å²) in [5, 5.41) is 3.44. The van der Waals surface area contributed by atoms with Crippen LogP contribution in [0, 0.1) is 0 Å². The highest BCUT2D eigenvalue weighted by molar-refractivity contribution is 5.49. The van der Waals surface area contributed by atoms with E-state index in [9.17, 15) is 0 Å². The summed E-state index contributed by atoms with van der Waals surface area (Å²) in [5.74, 6) is 0.822. The molecule has 1 aromatic heterocycles. The molecule has 2 rings (SSSR count). The summed E-state index contributed by atoms with van der Waals surface area (Å²) in [7, 11) is 1.66. The third-order valence-corrected chi connectivity index (χ3v) is 3.26. The van der Waals surface area contributed by atoms with Gasteiger partial charge in [-0.15, -0.1) is 0 Å². The van der Waals surface area contributed by atoms with Gasteiger partial charge >= 0.3 is 0 Å². The highest BCUT2D eigenvalue weighted by Gasteiger charge is 2.16. The first-order valence-corrected chi connectivity index (χ1v) is 6.78. The van der Waals surface area contributed by atoms with Crippen LogP contribution in [0.1, 0.15) is 31.6 Å². The van der Waals surface area contributed by atoms with Crippen molar-refractivity contribution in [2.45, 2.75) is 25.9 Å². The molecule has 0 saturated heterocycles. The number of imidazole rings is 1. The molecule has 1 unspecified atom stereocenters. The largest absolute Gasteiger partial charge is 0.497 e. The van der Waals surface area contributed by atoms with Gasteiger partial charge in [-0.1, -0.05) is 6.07 Å². The van der Waals surface area contributed by atoms with Crippen LogP contribution in [0.5, 0.6) is 5.75 Å². The molecule has 0 aliphatic carbocycles. The molecule has 0 radical (unpaired) electrons. The van der Waals surface area contributed by atoms with Crippen molar-refractivity contribution in [3.8, 4) is 5.75 Å². The molecular weight excluding hydrogens is 252 g/mol. The fourth-order valence-electron chi connectivity index (χ4n) is 2.18. The number of hydrogen-bond donors (Lipinski definition) is 2. The van der Waals surface area contributed by atoms with E-state index < -0.39 is 0 Å². The lowest BCUT2D eigenvalue weighted by Gasteiger charge is -2.22. The highest BCUT2D eigenvalue weighted by Crippen LogP contribution is 2.23. The summed E-state index contributed by atoms with van der Waals surface area (Å²) < 4.78 is 7.36. The summed E-state index contributed by atoms with van der Waals surface area (Å²) in [5.41, 5.74) is 7.99. The van der Waals surface area contributed by atoms with Crippen LogP contribution in [0.25, 0.3) is 0 Å². The Morgan fingerprint density at radius 2 is 2.20 bits per heavy atom. The van der Waals surface area contributed by atoms with Crippen molar-refractivity contribution in [3.05, 3.63) is 42.5 Å². The Kier molecular flexibility index (Phi) is 4.63. The maximum Gasteiger partial charge on any atom is 0.120 e. The summed E-state index contributed by atoms with van der Waals surface area (Å²) in [6.45, 7) is 4.75. The van der Waals surface area contributed by atoms with Gasteiger partial charge in [0.25, 0.3) is 0 Å². The Morgan fingerprint density at radius 1 is 1.40 bits per heavy atom. The standard InChI is InChI=1S/C15H22N4O/c1-11(2)19-10-17-9-15(19)14(8-16)18-12-5-4-6-13(7-12)20-3/h4-7,9-11,14,18H,8,16H2,1-3H3. The molecule has 0 amide bonds. The molecule has 1 heterocycles. The highest BCUT2D eigenvalue weighted by atomic mass is 16.5. The monoisotopic (exact) mass is 274 g/mol. The molecule has 5 heteroatoms. The molecule has 0 spiro atoms. The first-order valence-electron chi connectivity index (χ1n) is 6.78. The zero-order chi connectivity index (χ0) is 14.5. The predicted molar refractivity (Wildman–Crippen MR) is 81.0 cm³/mol. The number of anilines is 1. The molecule has 3 N–H and O–H groups in total. The zero-order valence-corrected chi connectivity index (χ0v) is 12.2. The number of aromatic nitrogens is 2. The second-order valence-corrected chi connectivity index (χ2v) is 4.98. The Labute approximate surface area is 119 Å². The van der Waals surface area contributed by atoms with Gasteiger partial charge in [0.2, 0.25) is 0 Å². The van der Waals surface area contributed by atoms with Crippen LogP contribution in [0.15, 0.2) is 36.8 Å². The van der Waals surface area contributed by atoms with Gasteiger partial charge in [0.15, 0.2) is 0 Å². The van der Waals surface area contributed by atoms with E-state index >= 15 is 0 Å². The lowest BCUT2D eigenvalue weighted by atomic mass is 10.2. The molecule has 2 aromatic rings. The third-order valence-electron chi connectivity index (χ3n) is 3.26. The molecular formula is C15H22N4O. The van der Waals surface area contributed by atoms with E-state index in [2.05, 4.69) is 28.7 Å². The fraction of sp³-hybridized carbons (Fsp3) is 0.400. The topological polar surface area (TPSA) is 65.1 Å². The van der Waals surface area contributed by atoms with Gasteiger partial charge in [0, 0.05) is 24.3 Å². The van der Waals surface area contributed by atoms with Gasteiger partial charge in [0.1, 0.15) is 5.75 Å². The average molecular weight is 274 g/mol. The van der Waals surface area contributed by atoms with Crippen LogP contribution in [0.2, 0.25) is 0 Å². The smallest absolute Gasteiger partial charge is 0.120 e. The molecule has 20 heavy (non-hydrogen) atoms. The Hall–Kier alpha value is -2.01. The van der Waals surface area contributed by atoms with Gasteiger partial charge in [-0.05, 0) is 26.0 Å². The molecule has 0 fully saturated rings. The molecule has 5 nitrogen and oxygen atoms in total. The average Bonchev–Trinajstić information content (AvgIpc) is 2.94. The predicted octanol–water partition coefficient (Wildman–Crippen LogP) is 2.58. The lowest BCUT2D eigenvalue weighted by molar-refractivity contribution is 0.415. The van der Waals surface area contributed by atoms with Crippen molar-refractivity contribution >= 4 is 5.69 Å². The number of nitrogens with one attached hydrogen (secondary N) is 1. The normalized spacial score (nSPS) is 12.4. The van der Waals surface area contributed by atoms with E-state index in [1.165, 1.54) is 0 Å². The van der Waals surface area contributed by atoms with Gasteiger partial charge in [-0.25, -0.2) is 4.98 Å². The number of rotatable bonds is 6. The van der Waals surface area contributed by atoms with Crippen LogP contribution >= 0.6 is 0 Å². The Bertz CT molecular complexity index is 550. The molecule has 0 aliphatic heterocycles. The SMILES string of the molecule is COc1cccc(NC(CN)c2cncn2C(C)C)c1. The molecule has 108 valence electrons. The maximum absolute atomic E-state index is 5.92. The van der Waals surface area contributed by atoms with Gasteiger partial charge in [-0.2, -0.15) is 0 Å². The van der Waals surface area contributed by atoms with Crippen molar-refractivity contribution in [2.24, 2.45) is 5.73 Å². The minimum atomic E-state index is 0.0204. The van der Waals surface area contributed by atoms with Crippen LogP contribution in [-0.4, -0.2) is 23.2 Å². The first kappa shape index (κ1) is 14.4. The van der Waals surface area contributed by atoms with Crippen LogP contribution < -0.4 is 15.8 Å². The van der Waals surface area contributed by atoms with E-state index in [0.29, 0.717) is 12.6 Å². The van der Waals surface area contributed by atoms with E-state index in [1.54, 1.807) is 7.11 Å². The van der Waals surface area contributed by atoms with Crippen LogP contribution in [0.3, 0.4) is 0 Å². The van der Waals surface area contributed by atoms with Crippen molar-refractivity contribution < 1.29 is 4.74 Å². The second kappa shape index (κ2) is 6.43. The molecule has 1 atom stereocenters. The number of nitrogens with zero attached hydrogens (tertiary/aromatic N) is 2. The second-order valence-electron chi connectivity index (χ2n) is 4.98. The number of nitrogens with two attached hydrogens (primary N) is 1. The van der Waals surface area contributed by atoms with Gasteiger partial charge in [0.05, 0.1) is 31.4 Å². The zero-order valence-electron chi connectivity index (χ0n) is 12.2. The summed E-state index contributed by atoms with van der Waals surface area (Å²) in [6.07, 6.45) is 3.71. The van der Waals surface area contributed by atoms with Crippen LogP contribution in [-0.2, 0) is 0 Å². The molecule has 0 saturated carbocycles. The minimum absolute atomic E-state index is 0.0204. The molecule has 1 aromatic carbocycles. The van der Waals surface area contributed by atoms with E-state index in [4.69, 9.17) is 10.5 Å². The minimum Gasteiger partial charge on any atom is -0.497 e. The van der Waals surface area contributed by atoms with Crippen molar-refractivity contribution in [1.82, 2.24) is 9.55 Å². The van der Waals surface area contributed by atoms with Crippen molar-refractivity contribution in [1.29, 1.82) is 0 Å². The summed E-state index contributed by atoms with van der Waals surface area (Å²) in [4.78, 5) is 4.23. The van der Waals surface area contributed by atoms with Crippen LogP contribution in [0.4, 0.5) is 5.69 Å².